The molecule has 2 N–H and O–H groups in total. The van der Waals surface area contributed by atoms with Crippen molar-refractivity contribution < 1.29 is 23.0 Å². The molecule has 2 unspecified atom stereocenters. The Morgan fingerprint density at radius 1 is 1.33 bits per heavy atom. The van der Waals surface area contributed by atoms with Gasteiger partial charge in [0.25, 0.3) is 5.56 Å². The second kappa shape index (κ2) is 7.71. The zero-order valence-corrected chi connectivity index (χ0v) is 17.3. The van der Waals surface area contributed by atoms with Crippen LogP contribution in [0.25, 0.3) is 0 Å². The molecular formula is C20H29F3N4O3. The summed E-state index contributed by atoms with van der Waals surface area (Å²) in [5.74, 6) is 1.33. The highest BCUT2D eigenvalue weighted by Crippen LogP contribution is 2.48. The smallest absolute Gasteiger partial charge is 0.388 e. The van der Waals surface area contributed by atoms with Crippen LogP contribution in [0.4, 0.5) is 24.9 Å². The van der Waals surface area contributed by atoms with Crippen LogP contribution in [0.5, 0.6) is 0 Å². The van der Waals surface area contributed by atoms with Crippen LogP contribution in [-0.2, 0) is 11.3 Å². The number of aliphatic hydroxyl groups is 1. The first kappa shape index (κ1) is 21.4. The highest BCUT2D eigenvalue weighted by Gasteiger charge is 2.50. The van der Waals surface area contributed by atoms with Gasteiger partial charge in [-0.2, -0.15) is 18.2 Å². The number of hydrogen-bond donors (Lipinski definition) is 2. The first-order chi connectivity index (χ1) is 14.1. The molecule has 0 amide bonds. The van der Waals surface area contributed by atoms with Gasteiger partial charge in [-0.3, -0.25) is 9.36 Å². The minimum atomic E-state index is -4.49. The quantitative estimate of drug-likeness (QED) is 0.692. The Labute approximate surface area is 173 Å². The Morgan fingerprint density at radius 3 is 2.63 bits per heavy atom. The van der Waals surface area contributed by atoms with E-state index < -0.39 is 23.4 Å². The van der Waals surface area contributed by atoms with Crippen molar-refractivity contribution in [3.05, 3.63) is 16.4 Å². The number of aromatic nitrogens is 2. The monoisotopic (exact) mass is 430 g/mol. The van der Waals surface area contributed by atoms with Gasteiger partial charge in [-0.15, -0.1) is 0 Å². The van der Waals surface area contributed by atoms with Crippen molar-refractivity contribution in [1.82, 2.24) is 9.55 Å². The lowest BCUT2D eigenvalue weighted by Crippen LogP contribution is -2.57. The van der Waals surface area contributed by atoms with Crippen LogP contribution >= 0.6 is 0 Å². The van der Waals surface area contributed by atoms with Gasteiger partial charge in [-0.25, -0.2) is 0 Å². The van der Waals surface area contributed by atoms with Crippen molar-refractivity contribution in [2.24, 2.45) is 11.8 Å². The Bertz CT molecular complexity index is 840. The maximum Gasteiger partial charge on any atom is 0.408 e. The van der Waals surface area contributed by atoms with E-state index in [0.717, 1.165) is 17.9 Å². The molecule has 1 aliphatic carbocycles. The molecule has 4 rings (SSSR count). The lowest BCUT2D eigenvalue weighted by Gasteiger charge is -2.42. The molecule has 30 heavy (non-hydrogen) atoms. The fourth-order valence-corrected chi connectivity index (χ4v) is 4.58. The average molecular weight is 430 g/mol. The Balaban J connectivity index is 1.63. The minimum Gasteiger partial charge on any atom is -0.388 e. The number of rotatable bonds is 7. The van der Waals surface area contributed by atoms with E-state index in [2.05, 4.69) is 10.3 Å². The first-order valence-corrected chi connectivity index (χ1v) is 10.7. The molecule has 1 aromatic rings. The molecule has 7 nitrogen and oxygen atoms in total. The maximum absolute atomic E-state index is 13.8. The van der Waals surface area contributed by atoms with Gasteiger partial charge in [0.05, 0.1) is 24.9 Å². The molecule has 0 spiro atoms. The van der Waals surface area contributed by atoms with Gasteiger partial charge in [0.15, 0.2) is 0 Å². The molecule has 0 radical (unpaired) electrons. The number of halogens is 3. The molecule has 0 bridgehead atoms. The molecule has 2 aliphatic heterocycles. The van der Waals surface area contributed by atoms with Gasteiger partial charge in [0.1, 0.15) is 11.9 Å². The normalized spacial score (nSPS) is 28.3. The van der Waals surface area contributed by atoms with Crippen LogP contribution in [0.15, 0.2) is 10.9 Å². The van der Waals surface area contributed by atoms with Gasteiger partial charge in [-0.05, 0) is 37.5 Å². The minimum absolute atomic E-state index is 0.0416. The van der Waals surface area contributed by atoms with Crippen LogP contribution in [0.2, 0.25) is 0 Å². The largest absolute Gasteiger partial charge is 0.408 e. The van der Waals surface area contributed by atoms with E-state index >= 15 is 0 Å². The Hall–Kier alpha value is -1.81. The van der Waals surface area contributed by atoms with Gasteiger partial charge in [-0.1, -0.05) is 13.8 Å². The number of ether oxygens (including phenoxy) is 1. The lowest BCUT2D eigenvalue weighted by molar-refractivity contribution is -0.154. The number of hydrogen-bond acceptors (Lipinski definition) is 6. The summed E-state index contributed by atoms with van der Waals surface area (Å²) in [6, 6.07) is -0.476. The number of nitrogens with one attached hydrogen (secondary N) is 1. The summed E-state index contributed by atoms with van der Waals surface area (Å²) >= 11 is 0. The van der Waals surface area contributed by atoms with Crippen molar-refractivity contribution in [3.8, 4) is 0 Å². The van der Waals surface area contributed by atoms with Gasteiger partial charge < -0.3 is 20.1 Å². The van der Waals surface area contributed by atoms with Crippen LogP contribution in [0.3, 0.4) is 0 Å². The molecule has 1 aromatic heterocycles. The van der Waals surface area contributed by atoms with E-state index in [1.165, 1.54) is 10.6 Å². The summed E-state index contributed by atoms with van der Waals surface area (Å²) in [6.07, 6.45) is -2.97. The average Bonchev–Trinajstić information content (AvgIpc) is 3.37. The van der Waals surface area contributed by atoms with Crippen molar-refractivity contribution in [2.45, 2.75) is 70.0 Å². The van der Waals surface area contributed by atoms with Gasteiger partial charge in [0, 0.05) is 19.2 Å². The molecule has 1 saturated heterocycles. The van der Waals surface area contributed by atoms with Crippen molar-refractivity contribution in [2.75, 3.05) is 29.9 Å². The van der Waals surface area contributed by atoms with E-state index in [4.69, 9.17) is 4.74 Å². The molecule has 3 aliphatic rings. The number of alkyl halides is 3. The fourth-order valence-electron chi connectivity index (χ4n) is 4.58. The van der Waals surface area contributed by atoms with Crippen LogP contribution in [0.1, 0.15) is 39.5 Å². The number of β-amino-alcohol motifs (C(OH)–C–C–N with tert-alkyl or cyclic N) is 1. The zero-order chi connectivity index (χ0) is 21.7. The van der Waals surface area contributed by atoms with Crippen molar-refractivity contribution in [3.63, 3.8) is 0 Å². The molecule has 1 saturated carbocycles. The number of anilines is 2. The van der Waals surface area contributed by atoms with E-state index in [-0.39, 0.29) is 37.4 Å². The predicted molar refractivity (Wildman–Crippen MR) is 106 cm³/mol. The highest BCUT2D eigenvalue weighted by molar-refractivity contribution is 5.45. The molecule has 4 atom stereocenters. The lowest BCUT2D eigenvalue weighted by atomic mass is 9.95. The third-order valence-corrected chi connectivity index (χ3v) is 6.87. The number of nitrogens with zero attached hydrogens (tertiary/aromatic N) is 3. The fraction of sp³-hybridized carbons (Fsp3) is 0.800. The van der Waals surface area contributed by atoms with E-state index in [0.29, 0.717) is 31.2 Å². The van der Waals surface area contributed by atoms with E-state index in [9.17, 15) is 23.1 Å². The topological polar surface area (TPSA) is 79.6 Å². The number of fused-ring (bicyclic) bond motifs is 2. The summed E-state index contributed by atoms with van der Waals surface area (Å²) < 4.78 is 48.4. The summed E-state index contributed by atoms with van der Waals surface area (Å²) in [5, 5.41) is 13.8. The Morgan fingerprint density at radius 2 is 2.07 bits per heavy atom. The Kier molecular flexibility index (Phi) is 5.50. The van der Waals surface area contributed by atoms with Gasteiger partial charge in [0.2, 0.25) is 5.95 Å². The second-order valence-corrected chi connectivity index (χ2v) is 8.75. The summed E-state index contributed by atoms with van der Waals surface area (Å²) in [6.45, 7) is 4.38. The SMILES string of the molecule is CCC(O)(CC)CN1c2nc(NC[C@H]3OCC4CC43)cc(=O)n2CC[C@H]1C(F)(F)F. The molecule has 2 fully saturated rings. The maximum atomic E-state index is 13.8. The van der Waals surface area contributed by atoms with Gasteiger partial charge >= 0.3 is 6.18 Å². The third-order valence-electron chi connectivity index (χ3n) is 6.87. The third kappa shape index (κ3) is 4.03. The molecule has 3 heterocycles. The molecular weight excluding hydrogens is 401 g/mol. The first-order valence-electron chi connectivity index (χ1n) is 10.7. The summed E-state index contributed by atoms with van der Waals surface area (Å²) in [4.78, 5) is 18.1. The van der Waals surface area contributed by atoms with E-state index in [1.807, 2.05) is 0 Å². The zero-order valence-electron chi connectivity index (χ0n) is 17.3. The standard InChI is InChI=1S/C20H29F3N4O3/c1-3-19(29,4-2)11-27-15(20(21,22)23)5-6-26-17(28)8-16(25-18(26)27)24-9-14-13-7-12(13)10-30-14/h8,12-15,24,29H,3-7,9-11H2,1-2H3/t12?,13?,14-,15+/m1/s1. The van der Waals surface area contributed by atoms with Crippen LogP contribution < -0.4 is 15.8 Å². The predicted octanol–water partition coefficient (Wildman–Crippen LogP) is 2.38. The molecule has 168 valence electrons. The molecule has 0 aromatic carbocycles. The summed E-state index contributed by atoms with van der Waals surface area (Å²) in [5.41, 5.74) is -1.70. The highest BCUT2D eigenvalue weighted by atomic mass is 19.4. The van der Waals surface area contributed by atoms with Crippen molar-refractivity contribution in [1.29, 1.82) is 0 Å². The van der Waals surface area contributed by atoms with Crippen LogP contribution in [-0.4, -0.2) is 58.3 Å². The molecule has 10 heteroatoms. The second-order valence-electron chi connectivity index (χ2n) is 8.75. The van der Waals surface area contributed by atoms with Crippen LogP contribution in [0, 0.1) is 11.8 Å². The van der Waals surface area contributed by atoms with Crippen molar-refractivity contribution >= 4 is 11.8 Å². The van der Waals surface area contributed by atoms with E-state index in [1.54, 1.807) is 13.8 Å². The summed E-state index contributed by atoms with van der Waals surface area (Å²) in [7, 11) is 0.